The van der Waals surface area contributed by atoms with Crippen LogP contribution < -0.4 is 10.6 Å². The minimum atomic E-state index is -0.0830. The van der Waals surface area contributed by atoms with Crippen LogP contribution in [0.4, 0.5) is 11.4 Å². The minimum absolute atomic E-state index is 0.0694. The van der Waals surface area contributed by atoms with Crippen molar-refractivity contribution in [2.45, 2.75) is 44.8 Å². The number of anilines is 2. The summed E-state index contributed by atoms with van der Waals surface area (Å²) >= 11 is 1.35. The van der Waals surface area contributed by atoms with Crippen molar-refractivity contribution in [1.82, 2.24) is 14.8 Å². The van der Waals surface area contributed by atoms with E-state index in [2.05, 4.69) is 27.8 Å². The number of nitrogens with one attached hydrogen (secondary N) is 2. The molecule has 0 aliphatic carbocycles. The number of carbonyl (C=O) groups is 2. The zero-order chi connectivity index (χ0) is 22.1. The van der Waals surface area contributed by atoms with Crippen molar-refractivity contribution < 1.29 is 9.59 Å². The van der Waals surface area contributed by atoms with Crippen LogP contribution in [-0.4, -0.2) is 32.3 Å². The number of thioether (sulfide) groups is 1. The van der Waals surface area contributed by atoms with Crippen molar-refractivity contribution in [3.05, 3.63) is 66.0 Å². The average molecular weight is 438 g/mol. The number of benzene rings is 2. The molecule has 0 saturated carbocycles. The first-order valence-electron chi connectivity index (χ1n) is 10.4. The van der Waals surface area contributed by atoms with Crippen molar-refractivity contribution in [2.24, 2.45) is 0 Å². The van der Waals surface area contributed by atoms with Gasteiger partial charge in [0.15, 0.2) is 5.16 Å². The molecular formula is C23H27N5O2S. The zero-order valence-corrected chi connectivity index (χ0v) is 18.6. The number of carbonyl (C=O) groups excluding carboxylic acids is 2. The lowest BCUT2D eigenvalue weighted by molar-refractivity contribution is -0.116. The number of aromatic nitrogens is 3. The Bertz CT molecular complexity index is 1020. The highest BCUT2D eigenvalue weighted by atomic mass is 32.2. The first-order chi connectivity index (χ1) is 15.1. The highest BCUT2D eigenvalue weighted by Crippen LogP contribution is 2.20. The van der Waals surface area contributed by atoms with E-state index < -0.39 is 0 Å². The van der Waals surface area contributed by atoms with E-state index in [0.29, 0.717) is 24.5 Å². The number of para-hydroxylation sites is 2. The van der Waals surface area contributed by atoms with Crippen LogP contribution in [0.25, 0.3) is 0 Å². The predicted octanol–water partition coefficient (Wildman–Crippen LogP) is 4.16. The Morgan fingerprint density at radius 3 is 2.42 bits per heavy atom. The van der Waals surface area contributed by atoms with Gasteiger partial charge in [-0.1, -0.05) is 55.1 Å². The lowest BCUT2D eigenvalue weighted by Gasteiger charge is -2.10. The molecule has 3 aromatic rings. The molecule has 162 valence electrons. The van der Waals surface area contributed by atoms with E-state index in [1.54, 1.807) is 0 Å². The number of rotatable bonds is 10. The Kier molecular flexibility index (Phi) is 8.23. The number of aryl methyl sites for hydroxylation is 2. The summed E-state index contributed by atoms with van der Waals surface area (Å²) in [5, 5.41) is 15.0. The maximum Gasteiger partial charge on any atom is 0.234 e. The first-order valence-corrected chi connectivity index (χ1v) is 11.4. The summed E-state index contributed by atoms with van der Waals surface area (Å²) in [4.78, 5) is 24.6. The summed E-state index contributed by atoms with van der Waals surface area (Å²) < 4.78 is 1.95. The van der Waals surface area contributed by atoms with Gasteiger partial charge in [0.1, 0.15) is 5.82 Å². The smallest absolute Gasteiger partial charge is 0.234 e. The van der Waals surface area contributed by atoms with Crippen LogP contribution in [0.2, 0.25) is 0 Å². The van der Waals surface area contributed by atoms with Gasteiger partial charge in [0.25, 0.3) is 0 Å². The molecule has 0 spiro atoms. The van der Waals surface area contributed by atoms with E-state index in [1.165, 1.54) is 11.8 Å². The van der Waals surface area contributed by atoms with Crippen LogP contribution in [0.5, 0.6) is 0 Å². The molecule has 2 amide bonds. The van der Waals surface area contributed by atoms with Gasteiger partial charge < -0.3 is 15.2 Å². The molecule has 0 unspecified atom stereocenters. The highest BCUT2D eigenvalue weighted by molar-refractivity contribution is 7.99. The highest BCUT2D eigenvalue weighted by Gasteiger charge is 2.15. The second-order valence-corrected chi connectivity index (χ2v) is 7.85. The molecule has 1 heterocycles. The molecule has 2 aromatic carbocycles. The van der Waals surface area contributed by atoms with Crippen LogP contribution in [0.1, 0.15) is 31.7 Å². The second kappa shape index (κ2) is 11.3. The van der Waals surface area contributed by atoms with Gasteiger partial charge in [-0.15, -0.1) is 10.2 Å². The SMILES string of the molecule is CCc1ccccc1NC(=O)CSc1nnc(CCC(=O)Nc2ccccc2)n1CC. The lowest BCUT2D eigenvalue weighted by atomic mass is 10.1. The maximum atomic E-state index is 12.4. The summed E-state index contributed by atoms with van der Waals surface area (Å²) in [6.45, 7) is 4.73. The van der Waals surface area contributed by atoms with Crippen molar-refractivity contribution >= 4 is 35.0 Å². The largest absolute Gasteiger partial charge is 0.326 e. The van der Waals surface area contributed by atoms with Gasteiger partial charge in [0.2, 0.25) is 11.8 Å². The van der Waals surface area contributed by atoms with Crippen LogP contribution in [0.15, 0.2) is 59.8 Å². The predicted molar refractivity (Wildman–Crippen MR) is 124 cm³/mol. The van der Waals surface area contributed by atoms with Crippen LogP contribution in [0.3, 0.4) is 0 Å². The summed E-state index contributed by atoms with van der Waals surface area (Å²) in [7, 11) is 0. The Morgan fingerprint density at radius 1 is 0.935 bits per heavy atom. The summed E-state index contributed by atoms with van der Waals surface area (Å²) in [6, 6.07) is 17.2. The van der Waals surface area contributed by atoms with Crippen molar-refractivity contribution in [2.75, 3.05) is 16.4 Å². The van der Waals surface area contributed by atoms with Crippen molar-refractivity contribution in [3.63, 3.8) is 0 Å². The zero-order valence-electron chi connectivity index (χ0n) is 17.8. The summed E-state index contributed by atoms with van der Waals surface area (Å²) in [5.74, 6) is 0.829. The van der Waals surface area contributed by atoms with E-state index in [1.807, 2.05) is 66.1 Å². The molecule has 0 aliphatic rings. The maximum absolute atomic E-state index is 12.4. The molecular weight excluding hydrogens is 410 g/mol. The van der Waals surface area contributed by atoms with Gasteiger partial charge in [-0.05, 0) is 37.1 Å². The summed E-state index contributed by atoms with van der Waals surface area (Å²) in [5.41, 5.74) is 2.72. The van der Waals surface area contributed by atoms with Gasteiger partial charge in [0, 0.05) is 30.8 Å². The molecule has 0 saturated heterocycles. The van der Waals surface area contributed by atoms with Gasteiger partial charge in [-0.2, -0.15) is 0 Å². The standard InChI is InChI=1S/C23H27N5O2S/c1-3-17-10-8-9-13-19(17)25-22(30)16-31-23-27-26-20(28(23)4-2)14-15-21(29)24-18-11-6-5-7-12-18/h5-13H,3-4,14-16H2,1-2H3,(H,24,29)(H,25,30). The van der Waals surface area contributed by atoms with Crippen LogP contribution >= 0.6 is 11.8 Å². The Balaban J connectivity index is 1.53. The molecule has 2 N–H and O–H groups in total. The minimum Gasteiger partial charge on any atom is -0.326 e. The van der Waals surface area contributed by atoms with E-state index >= 15 is 0 Å². The second-order valence-electron chi connectivity index (χ2n) is 6.90. The number of hydrogen-bond acceptors (Lipinski definition) is 5. The fraction of sp³-hybridized carbons (Fsp3) is 0.304. The Morgan fingerprint density at radius 2 is 1.68 bits per heavy atom. The quantitative estimate of drug-likeness (QED) is 0.465. The molecule has 0 bridgehead atoms. The first kappa shape index (κ1) is 22.6. The van der Waals surface area contributed by atoms with Gasteiger partial charge in [-0.25, -0.2) is 0 Å². The van der Waals surface area contributed by atoms with E-state index in [-0.39, 0.29) is 17.6 Å². The fourth-order valence-electron chi connectivity index (χ4n) is 3.17. The number of amides is 2. The summed E-state index contributed by atoms with van der Waals surface area (Å²) in [6.07, 6.45) is 1.65. The normalized spacial score (nSPS) is 10.6. The molecule has 7 nitrogen and oxygen atoms in total. The van der Waals surface area contributed by atoms with Crippen molar-refractivity contribution in [1.29, 1.82) is 0 Å². The van der Waals surface area contributed by atoms with E-state index in [9.17, 15) is 9.59 Å². The topological polar surface area (TPSA) is 88.9 Å². The third-order valence-electron chi connectivity index (χ3n) is 4.75. The number of hydrogen-bond donors (Lipinski definition) is 2. The molecule has 0 radical (unpaired) electrons. The van der Waals surface area contributed by atoms with Crippen LogP contribution in [-0.2, 0) is 29.0 Å². The lowest BCUT2D eigenvalue weighted by Crippen LogP contribution is -2.16. The van der Waals surface area contributed by atoms with Gasteiger partial charge in [0.05, 0.1) is 5.75 Å². The van der Waals surface area contributed by atoms with Crippen LogP contribution in [0, 0.1) is 0 Å². The molecule has 0 aliphatic heterocycles. The fourth-order valence-corrected chi connectivity index (χ4v) is 3.99. The Labute approximate surface area is 186 Å². The van der Waals surface area contributed by atoms with Gasteiger partial charge >= 0.3 is 0 Å². The van der Waals surface area contributed by atoms with E-state index in [4.69, 9.17) is 0 Å². The number of nitrogens with zero attached hydrogens (tertiary/aromatic N) is 3. The third-order valence-corrected chi connectivity index (χ3v) is 5.71. The average Bonchev–Trinajstić information content (AvgIpc) is 3.19. The van der Waals surface area contributed by atoms with Crippen molar-refractivity contribution in [3.8, 4) is 0 Å². The molecule has 31 heavy (non-hydrogen) atoms. The van der Waals surface area contributed by atoms with Gasteiger partial charge in [-0.3, -0.25) is 9.59 Å². The molecule has 0 fully saturated rings. The molecule has 8 heteroatoms. The molecule has 1 aromatic heterocycles. The third kappa shape index (κ3) is 6.42. The molecule has 0 atom stereocenters. The Hall–Kier alpha value is -3.13. The van der Waals surface area contributed by atoms with E-state index in [0.717, 1.165) is 29.2 Å². The monoisotopic (exact) mass is 437 g/mol. The molecule has 3 rings (SSSR count).